The fourth-order valence-corrected chi connectivity index (χ4v) is 4.99. The van der Waals surface area contributed by atoms with Crippen molar-refractivity contribution < 1.29 is 19.4 Å². The Morgan fingerprint density at radius 1 is 1.14 bits per heavy atom. The molecule has 0 bridgehead atoms. The predicted octanol–water partition coefficient (Wildman–Crippen LogP) is 1.91. The number of Topliss-reactive ketones (excluding diaryl/α,β-unsaturated/α-hetero) is 1. The Balaban J connectivity index is 1.16. The van der Waals surface area contributed by atoms with Crippen LogP contribution in [0.5, 0.6) is 0 Å². The molecule has 0 radical (unpaired) electrons. The molecule has 2 atom stereocenters. The van der Waals surface area contributed by atoms with Crippen LogP contribution in [0.4, 0.5) is 4.79 Å². The van der Waals surface area contributed by atoms with Crippen molar-refractivity contribution in [2.45, 2.75) is 43.1 Å². The van der Waals surface area contributed by atoms with E-state index in [1.807, 2.05) is 9.80 Å². The van der Waals surface area contributed by atoms with Gasteiger partial charge in [0.25, 0.3) is 0 Å². The lowest BCUT2D eigenvalue weighted by Crippen LogP contribution is -2.58. The van der Waals surface area contributed by atoms with E-state index in [0.717, 1.165) is 32.4 Å². The summed E-state index contributed by atoms with van der Waals surface area (Å²) >= 11 is 0. The van der Waals surface area contributed by atoms with Gasteiger partial charge >= 0.3 is 6.03 Å². The van der Waals surface area contributed by atoms with Crippen LogP contribution in [0.15, 0.2) is 24.3 Å². The molecular weight excluding hydrogens is 356 g/mol. The normalized spacial score (nSPS) is 29.2. The summed E-state index contributed by atoms with van der Waals surface area (Å²) in [6.45, 7) is 3.32. The number of ketones is 1. The van der Waals surface area contributed by atoms with Crippen molar-refractivity contribution in [3.05, 3.63) is 35.4 Å². The van der Waals surface area contributed by atoms with Crippen LogP contribution in [0.25, 0.3) is 0 Å². The summed E-state index contributed by atoms with van der Waals surface area (Å²) in [5.41, 5.74) is 2.51. The number of nitrogens with zero attached hydrogens (tertiary/aromatic N) is 2. The number of likely N-dealkylation sites (tertiary alicyclic amines) is 2. The number of carbonyl (C=O) groups is 2. The molecule has 4 fully saturated rings. The number of aliphatic hydroxyl groups is 1. The number of hydrogen-bond donors (Lipinski definition) is 1. The Hall–Kier alpha value is -1.92. The standard InChI is InChI=1S/C22H28N2O4/c25-14-22(6-7-22)18-3-1-15(2-4-18)17-11-24(12-17)21(27)23-8-5-20-16(10-23)9-19(26)13-28-20/h1-4,16-17,20,25H,5-14H2/t16-,20+/m1/s1. The summed E-state index contributed by atoms with van der Waals surface area (Å²) in [7, 11) is 0. The van der Waals surface area contributed by atoms with E-state index in [1.165, 1.54) is 11.1 Å². The first-order chi connectivity index (χ1) is 13.6. The van der Waals surface area contributed by atoms with Gasteiger partial charge < -0.3 is 19.6 Å². The number of benzene rings is 1. The van der Waals surface area contributed by atoms with Gasteiger partial charge in [-0.3, -0.25) is 4.79 Å². The molecule has 5 rings (SSSR count). The van der Waals surface area contributed by atoms with Crippen LogP contribution in [0.1, 0.15) is 42.7 Å². The van der Waals surface area contributed by atoms with Crippen molar-refractivity contribution in [3.8, 4) is 0 Å². The molecule has 3 saturated heterocycles. The second kappa shape index (κ2) is 6.85. The molecule has 0 aromatic heterocycles. The maximum Gasteiger partial charge on any atom is 0.320 e. The van der Waals surface area contributed by atoms with Crippen molar-refractivity contribution in [1.29, 1.82) is 0 Å². The lowest BCUT2D eigenvalue weighted by atomic mass is 9.87. The van der Waals surface area contributed by atoms with Gasteiger partial charge in [-0.05, 0) is 30.4 Å². The number of hydrogen-bond acceptors (Lipinski definition) is 4. The van der Waals surface area contributed by atoms with Crippen LogP contribution in [0.2, 0.25) is 0 Å². The van der Waals surface area contributed by atoms with Gasteiger partial charge in [0.05, 0.1) is 12.7 Å². The second-order valence-electron chi connectivity index (χ2n) is 9.03. The molecule has 1 aromatic carbocycles. The number of carbonyl (C=O) groups excluding carboxylic acids is 2. The molecule has 0 spiro atoms. The molecule has 1 aromatic rings. The van der Waals surface area contributed by atoms with Crippen molar-refractivity contribution in [2.75, 3.05) is 39.4 Å². The van der Waals surface area contributed by atoms with E-state index in [9.17, 15) is 14.7 Å². The highest BCUT2D eigenvalue weighted by atomic mass is 16.5. The Labute approximate surface area is 165 Å². The molecule has 3 aliphatic heterocycles. The van der Waals surface area contributed by atoms with Crippen molar-refractivity contribution in [1.82, 2.24) is 9.80 Å². The number of urea groups is 1. The molecule has 2 amide bonds. The van der Waals surface area contributed by atoms with E-state index in [1.54, 1.807) is 0 Å². The van der Waals surface area contributed by atoms with Gasteiger partial charge in [0.15, 0.2) is 5.78 Å². The van der Waals surface area contributed by atoms with E-state index in [4.69, 9.17) is 4.74 Å². The zero-order chi connectivity index (χ0) is 19.3. The van der Waals surface area contributed by atoms with Crippen molar-refractivity contribution in [2.24, 2.45) is 5.92 Å². The number of aliphatic hydroxyl groups excluding tert-OH is 1. The lowest BCUT2D eigenvalue weighted by Gasteiger charge is -2.46. The van der Waals surface area contributed by atoms with Crippen LogP contribution in [0.3, 0.4) is 0 Å². The highest BCUT2D eigenvalue weighted by molar-refractivity contribution is 5.81. The third kappa shape index (κ3) is 3.12. The van der Waals surface area contributed by atoms with Gasteiger partial charge in [0, 0.05) is 49.9 Å². The lowest BCUT2D eigenvalue weighted by molar-refractivity contribution is -0.140. The number of rotatable bonds is 3. The molecule has 4 aliphatic rings. The number of piperidine rings is 1. The minimum absolute atomic E-state index is 0.0104. The molecule has 150 valence electrons. The molecule has 0 unspecified atom stereocenters. The van der Waals surface area contributed by atoms with Crippen molar-refractivity contribution >= 4 is 11.8 Å². The Bertz CT molecular complexity index is 767. The third-order valence-electron chi connectivity index (χ3n) is 7.19. The van der Waals surface area contributed by atoms with E-state index in [2.05, 4.69) is 24.3 Å². The molecule has 6 nitrogen and oxygen atoms in total. The van der Waals surface area contributed by atoms with Gasteiger partial charge in [-0.15, -0.1) is 0 Å². The number of ether oxygens (including phenoxy) is 1. The van der Waals surface area contributed by atoms with Gasteiger partial charge in [-0.25, -0.2) is 4.79 Å². The van der Waals surface area contributed by atoms with Gasteiger partial charge in [0.2, 0.25) is 0 Å². The fraction of sp³-hybridized carbons (Fsp3) is 0.636. The van der Waals surface area contributed by atoms with Crippen LogP contribution in [-0.4, -0.2) is 72.2 Å². The highest BCUT2D eigenvalue weighted by Gasteiger charge is 2.44. The highest BCUT2D eigenvalue weighted by Crippen LogP contribution is 2.47. The van der Waals surface area contributed by atoms with Crippen LogP contribution in [0, 0.1) is 5.92 Å². The molecule has 1 N–H and O–H groups in total. The van der Waals surface area contributed by atoms with E-state index >= 15 is 0 Å². The summed E-state index contributed by atoms with van der Waals surface area (Å²) in [5.74, 6) is 0.696. The Morgan fingerprint density at radius 2 is 1.89 bits per heavy atom. The molecule has 1 saturated carbocycles. The van der Waals surface area contributed by atoms with Gasteiger partial charge in [0.1, 0.15) is 6.61 Å². The van der Waals surface area contributed by atoms with Gasteiger partial charge in [-0.2, -0.15) is 0 Å². The van der Waals surface area contributed by atoms with Crippen LogP contribution in [-0.2, 0) is 14.9 Å². The summed E-state index contributed by atoms with van der Waals surface area (Å²) in [5, 5.41) is 9.58. The van der Waals surface area contributed by atoms with Crippen LogP contribution < -0.4 is 0 Å². The first-order valence-electron chi connectivity index (χ1n) is 10.5. The van der Waals surface area contributed by atoms with Crippen molar-refractivity contribution in [3.63, 3.8) is 0 Å². The quantitative estimate of drug-likeness (QED) is 0.864. The Morgan fingerprint density at radius 3 is 2.57 bits per heavy atom. The first kappa shape index (κ1) is 18.1. The monoisotopic (exact) mass is 384 g/mol. The number of amides is 2. The molecule has 1 aliphatic carbocycles. The predicted molar refractivity (Wildman–Crippen MR) is 103 cm³/mol. The van der Waals surface area contributed by atoms with E-state index < -0.39 is 0 Å². The molecule has 6 heteroatoms. The summed E-state index contributed by atoms with van der Waals surface area (Å²) < 4.78 is 5.63. The molecular formula is C22H28N2O4. The average Bonchev–Trinajstić information content (AvgIpc) is 3.48. The van der Waals surface area contributed by atoms with E-state index in [-0.39, 0.29) is 42.5 Å². The maximum atomic E-state index is 12.8. The average molecular weight is 384 g/mol. The maximum absolute atomic E-state index is 12.8. The molecule has 28 heavy (non-hydrogen) atoms. The largest absolute Gasteiger partial charge is 0.395 e. The first-order valence-corrected chi connectivity index (χ1v) is 10.5. The summed E-state index contributed by atoms with van der Waals surface area (Å²) in [6.07, 6.45) is 3.65. The Kier molecular flexibility index (Phi) is 4.43. The smallest absolute Gasteiger partial charge is 0.320 e. The fourth-order valence-electron chi connectivity index (χ4n) is 4.99. The number of fused-ring (bicyclic) bond motifs is 1. The van der Waals surface area contributed by atoms with Gasteiger partial charge in [-0.1, -0.05) is 24.3 Å². The summed E-state index contributed by atoms with van der Waals surface area (Å²) in [4.78, 5) is 28.3. The molecule has 3 heterocycles. The summed E-state index contributed by atoms with van der Waals surface area (Å²) in [6, 6.07) is 8.71. The SMILES string of the molecule is O=C1CO[C@H]2CCN(C(=O)N3CC(c4ccc(C5(CO)CC5)cc4)C3)C[C@H]2C1. The zero-order valence-corrected chi connectivity index (χ0v) is 16.2. The third-order valence-corrected chi connectivity index (χ3v) is 7.19. The minimum atomic E-state index is 0.0104. The minimum Gasteiger partial charge on any atom is -0.395 e. The zero-order valence-electron chi connectivity index (χ0n) is 16.2. The van der Waals surface area contributed by atoms with E-state index in [0.29, 0.717) is 25.4 Å². The van der Waals surface area contributed by atoms with Crippen LogP contribution >= 0.6 is 0 Å². The second-order valence-corrected chi connectivity index (χ2v) is 9.03. The topological polar surface area (TPSA) is 70.1 Å².